The predicted molar refractivity (Wildman–Crippen MR) is 72.6 cm³/mol. The average molecular weight is 321 g/mol. The van der Waals surface area contributed by atoms with Crippen molar-refractivity contribution in [2.24, 2.45) is 0 Å². The fraction of sp³-hybridized carbons (Fsp3) is 0.462. The molecule has 8 heteroatoms. The first-order valence-electron chi connectivity index (χ1n) is 6.26. The van der Waals surface area contributed by atoms with Gasteiger partial charge in [0.2, 0.25) is 10.0 Å². The van der Waals surface area contributed by atoms with E-state index in [0.717, 1.165) is 0 Å². The number of halogens is 2. The summed E-state index contributed by atoms with van der Waals surface area (Å²) in [5.74, 6) is -4.67. The molecule has 0 spiro atoms. The van der Waals surface area contributed by atoms with Crippen molar-refractivity contribution in [3.05, 3.63) is 29.3 Å². The Morgan fingerprint density at radius 3 is 2.38 bits per heavy atom. The van der Waals surface area contributed by atoms with Crippen LogP contribution in [-0.2, 0) is 10.0 Å². The molecule has 0 aliphatic rings. The molecule has 2 N–H and O–H groups in total. The summed E-state index contributed by atoms with van der Waals surface area (Å²) in [6.45, 7) is 5.05. The lowest BCUT2D eigenvalue weighted by Gasteiger charge is -2.25. The van der Waals surface area contributed by atoms with E-state index in [0.29, 0.717) is 25.0 Å². The normalized spacial score (nSPS) is 12.4. The summed E-state index contributed by atoms with van der Waals surface area (Å²) in [7, 11) is -4.38. The average Bonchev–Trinajstić information content (AvgIpc) is 2.30. The molecule has 21 heavy (non-hydrogen) atoms. The molecule has 0 saturated carbocycles. The van der Waals surface area contributed by atoms with E-state index < -0.39 is 43.6 Å². The van der Waals surface area contributed by atoms with Gasteiger partial charge in [0.25, 0.3) is 0 Å². The van der Waals surface area contributed by atoms with Crippen LogP contribution >= 0.6 is 0 Å². The first-order valence-corrected chi connectivity index (χ1v) is 7.75. The van der Waals surface area contributed by atoms with Gasteiger partial charge in [-0.25, -0.2) is 26.7 Å². The van der Waals surface area contributed by atoms with E-state index in [2.05, 4.69) is 4.72 Å². The molecule has 0 fully saturated rings. The van der Waals surface area contributed by atoms with Gasteiger partial charge in [-0.15, -0.1) is 0 Å². The van der Waals surface area contributed by atoms with Gasteiger partial charge < -0.3 is 5.11 Å². The Morgan fingerprint density at radius 2 is 1.90 bits per heavy atom. The van der Waals surface area contributed by atoms with Crippen molar-refractivity contribution >= 4 is 16.0 Å². The second-order valence-corrected chi connectivity index (χ2v) is 6.97. The van der Waals surface area contributed by atoms with Gasteiger partial charge in [0.05, 0.1) is 5.56 Å². The minimum atomic E-state index is -4.38. The molecule has 1 aromatic rings. The van der Waals surface area contributed by atoms with Crippen molar-refractivity contribution in [2.75, 3.05) is 0 Å². The lowest BCUT2D eigenvalue weighted by molar-refractivity contribution is 0.0696. The van der Waals surface area contributed by atoms with E-state index in [-0.39, 0.29) is 0 Å². The molecule has 1 aromatic carbocycles. The van der Waals surface area contributed by atoms with Crippen LogP contribution in [0, 0.1) is 11.6 Å². The molecule has 0 aliphatic carbocycles. The Morgan fingerprint density at radius 1 is 1.33 bits per heavy atom. The maximum absolute atomic E-state index is 13.7. The number of benzene rings is 1. The van der Waals surface area contributed by atoms with Crippen molar-refractivity contribution in [3.63, 3.8) is 0 Å². The molecule has 0 bridgehead atoms. The molecular weight excluding hydrogens is 304 g/mol. The third-order valence-corrected chi connectivity index (χ3v) is 4.51. The van der Waals surface area contributed by atoms with Gasteiger partial charge in [-0.05, 0) is 32.4 Å². The maximum atomic E-state index is 13.7. The third kappa shape index (κ3) is 4.21. The first kappa shape index (κ1) is 17.5. The van der Waals surface area contributed by atoms with Crippen molar-refractivity contribution in [2.45, 2.75) is 44.0 Å². The zero-order valence-corrected chi connectivity index (χ0v) is 12.7. The first-order chi connectivity index (χ1) is 9.50. The number of aromatic carboxylic acids is 1. The number of nitrogens with one attached hydrogen (secondary N) is 1. The molecule has 0 heterocycles. The Bertz CT molecular complexity index is 656. The highest BCUT2D eigenvalue weighted by molar-refractivity contribution is 7.89. The maximum Gasteiger partial charge on any atom is 0.335 e. The van der Waals surface area contributed by atoms with Crippen LogP contribution in [-0.4, -0.2) is 25.0 Å². The fourth-order valence-corrected chi connectivity index (χ4v) is 3.53. The van der Waals surface area contributed by atoms with E-state index in [1.165, 1.54) is 0 Å². The number of sulfonamides is 1. The number of hydrogen-bond acceptors (Lipinski definition) is 3. The molecule has 118 valence electrons. The van der Waals surface area contributed by atoms with Crippen LogP contribution in [0.4, 0.5) is 8.78 Å². The van der Waals surface area contributed by atoms with Gasteiger partial charge in [-0.1, -0.05) is 13.3 Å². The van der Waals surface area contributed by atoms with Crippen molar-refractivity contribution in [1.29, 1.82) is 0 Å². The summed E-state index contributed by atoms with van der Waals surface area (Å²) in [5, 5.41) is 8.80. The van der Waals surface area contributed by atoms with Gasteiger partial charge in [0.1, 0.15) is 4.90 Å². The zero-order chi connectivity index (χ0) is 16.4. The number of carboxylic acid groups (broad SMARTS) is 1. The van der Waals surface area contributed by atoms with Crippen LogP contribution in [0.3, 0.4) is 0 Å². The van der Waals surface area contributed by atoms with Crippen molar-refractivity contribution in [1.82, 2.24) is 4.72 Å². The lowest BCUT2D eigenvalue weighted by Crippen LogP contribution is -2.43. The third-order valence-electron chi connectivity index (χ3n) is 2.82. The van der Waals surface area contributed by atoms with Crippen LogP contribution in [0.2, 0.25) is 0 Å². The summed E-state index contributed by atoms with van der Waals surface area (Å²) in [4.78, 5) is 9.82. The number of carbonyl (C=O) groups is 1. The molecule has 0 saturated heterocycles. The SMILES string of the molecule is CCCC(C)(C)NS(=O)(=O)c1cc(C(=O)O)cc(F)c1F. The molecule has 0 aromatic heterocycles. The second kappa shape index (κ2) is 6.07. The van der Waals surface area contributed by atoms with Crippen LogP contribution in [0.1, 0.15) is 44.0 Å². The Kier molecular flexibility index (Phi) is 5.06. The number of hydrogen-bond donors (Lipinski definition) is 2. The summed E-state index contributed by atoms with van der Waals surface area (Å²) in [6.07, 6.45) is 1.16. The van der Waals surface area contributed by atoms with E-state index in [9.17, 15) is 22.0 Å². The highest BCUT2D eigenvalue weighted by atomic mass is 32.2. The standard InChI is InChI=1S/C13H17F2NO4S/c1-4-5-13(2,3)16-21(19,20)10-7-8(12(17)18)6-9(14)11(10)15/h6-7,16H,4-5H2,1-3H3,(H,17,18). The van der Waals surface area contributed by atoms with Crippen molar-refractivity contribution < 1.29 is 27.1 Å². The Balaban J connectivity index is 3.35. The lowest BCUT2D eigenvalue weighted by atomic mass is 10.0. The Labute approximate surface area is 122 Å². The highest BCUT2D eigenvalue weighted by Gasteiger charge is 2.30. The summed E-state index contributed by atoms with van der Waals surface area (Å²) >= 11 is 0. The quantitative estimate of drug-likeness (QED) is 0.843. The second-order valence-electron chi connectivity index (χ2n) is 5.31. The molecule has 5 nitrogen and oxygen atoms in total. The highest BCUT2D eigenvalue weighted by Crippen LogP contribution is 2.22. The van der Waals surface area contributed by atoms with E-state index in [1.807, 2.05) is 6.92 Å². The van der Waals surface area contributed by atoms with Gasteiger partial charge in [-0.3, -0.25) is 0 Å². The smallest absolute Gasteiger partial charge is 0.335 e. The van der Waals surface area contributed by atoms with E-state index in [4.69, 9.17) is 5.11 Å². The summed E-state index contributed by atoms with van der Waals surface area (Å²) < 4.78 is 53.7. The molecule has 0 aliphatic heterocycles. The molecular formula is C13H17F2NO4S. The monoisotopic (exact) mass is 321 g/mol. The van der Waals surface area contributed by atoms with Gasteiger partial charge in [0, 0.05) is 5.54 Å². The summed E-state index contributed by atoms with van der Waals surface area (Å²) in [5.41, 5.74) is -1.50. The van der Waals surface area contributed by atoms with E-state index >= 15 is 0 Å². The predicted octanol–water partition coefficient (Wildman–Crippen LogP) is 2.52. The van der Waals surface area contributed by atoms with E-state index in [1.54, 1.807) is 13.8 Å². The molecule has 1 rings (SSSR count). The molecule has 0 radical (unpaired) electrons. The topological polar surface area (TPSA) is 83.5 Å². The summed E-state index contributed by atoms with van der Waals surface area (Å²) in [6, 6.07) is 1.04. The minimum Gasteiger partial charge on any atom is -0.478 e. The van der Waals surface area contributed by atoms with Crippen LogP contribution in [0.25, 0.3) is 0 Å². The molecule has 0 atom stereocenters. The van der Waals surface area contributed by atoms with Crippen LogP contribution in [0.15, 0.2) is 17.0 Å². The largest absolute Gasteiger partial charge is 0.478 e. The number of carboxylic acids is 1. The van der Waals surface area contributed by atoms with Gasteiger partial charge in [0.15, 0.2) is 11.6 Å². The van der Waals surface area contributed by atoms with Crippen LogP contribution in [0.5, 0.6) is 0 Å². The van der Waals surface area contributed by atoms with Crippen molar-refractivity contribution in [3.8, 4) is 0 Å². The molecule has 0 amide bonds. The molecule has 0 unspecified atom stereocenters. The number of rotatable bonds is 6. The fourth-order valence-electron chi connectivity index (χ4n) is 1.98. The Hall–Kier alpha value is -1.54. The zero-order valence-electron chi connectivity index (χ0n) is 11.9. The van der Waals surface area contributed by atoms with Gasteiger partial charge in [-0.2, -0.15) is 0 Å². The van der Waals surface area contributed by atoms with Gasteiger partial charge >= 0.3 is 5.97 Å². The minimum absolute atomic E-state index is 0.438. The van der Waals surface area contributed by atoms with Crippen LogP contribution < -0.4 is 4.72 Å².